The van der Waals surface area contributed by atoms with Crippen molar-refractivity contribution >= 4 is 21.7 Å². The molecule has 0 saturated carbocycles. The second kappa shape index (κ2) is 9.18. The number of nitrogens with zero attached hydrogens (tertiary/aromatic N) is 4. The number of amides is 1. The van der Waals surface area contributed by atoms with Gasteiger partial charge < -0.3 is 10.5 Å². The molecule has 4 aromatic rings. The Morgan fingerprint density at radius 2 is 1.74 bits per heavy atom. The zero-order chi connectivity index (χ0) is 25.3. The average molecular weight is 493 g/mol. The third-order valence-electron chi connectivity index (χ3n) is 5.24. The molecule has 0 unspecified atom stereocenters. The van der Waals surface area contributed by atoms with Crippen LogP contribution < -0.4 is 15.2 Å². The SMILES string of the molecule is Cc1cc(C)c(Oc2nc(-c3ccnn3C)ccc2C(=O)NS(=O)(=O)c2cccc(N)n2)c(C)c1. The van der Waals surface area contributed by atoms with Crippen LogP contribution in [0, 0.1) is 20.8 Å². The lowest BCUT2D eigenvalue weighted by atomic mass is 10.1. The summed E-state index contributed by atoms with van der Waals surface area (Å²) in [7, 11) is -2.53. The Hall–Kier alpha value is -4.25. The molecule has 180 valence electrons. The van der Waals surface area contributed by atoms with Crippen molar-refractivity contribution in [1.29, 1.82) is 0 Å². The second-order valence-electron chi connectivity index (χ2n) is 8.05. The van der Waals surface area contributed by atoms with E-state index in [9.17, 15) is 13.2 Å². The minimum absolute atomic E-state index is 0.0110. The Balaban J connectivity index is 1.77. The molecule has 0 atom stereocenters. The van der Waals surface area contributed by atoms with E-state index in [4.69, 9.17) is 10.5 Å². The number of pyridine rings is 2. The number of carbonyl (C=O) groups excluding carboxylic acids is 1. The number of hydrogen-bond donors (Lipinski definition) is 2. The molecule has 1 amide bonds. The maximum absolute atomic E-state index is 13.1. The highest BCUT2D eigenvalue weighted by atomic mass is 32.2. The number of anilines is 1. The summed E-state index contributed by atoms with van der Waals surface area (Å²) in [5.74, 6) is -0.431. The van der Waals surface area contributed by atoms with Crippen LogP contribution in [0.2, 0.25) is 0 Å². The van der Waals surface area contributed by atoms with Crippen molar-refractivity contribution in [3.8, 4) is 23.0 Å². The van der Waals surface area contributed by atoms with Gasteiger partial charge in [0.2, 0.25) is 5.88 Å². The quantitative estimate of drug-likeness (QED) is 0.417. The van der Waals surface area contributed by atoms with Gasteiger partial charge in [-0.1, -0.05) is 23.8 Å². The van der Waals surface area contributed by atoms with E-state index in [1.54, 1.807) is 30.1 Å². The maximum atomic E-state index is 13.1. The monoisotopic (exact) mass is 492 g/mol. The number of nitrogens with two attached hydrogens (primary N) is 1. The molecule has 0 spiro atoms. The van der Waals surface area contributed by atoms with Crippen molar-refractivity contribution in [2.24, 2.45) is 7.05 Å². The lowest BCUT2D eigenvalue weighted by Gasteiger charge is -2.16. The third kappa shape index (κ3) is 4.99. The number of nitrogen functional groups attached to an aromatic ring is 1. The van der Waals surface area contributed by atoms with E-state index in [2.05, 4.69) is 15.1 Å². The first-order valence-electron chi connectivity index (χ1n) is 10.6. The van der Waals surface area contributed by atoms with Gasteiger partial charge in [0.05, 0.1) is 11.4 Å². The molecule has 0 saturated heterocycles. The number of aromatic nitrogens is 4. The van der Waals surface area contributed by atoms with E-state index < -0.39 is 15.9 Å². The van der Waals surface area contributed by atoms with E-state index in [0.717, 1.165) is 16.7 Å². The topological polar surface area (TPSA) is 142 Å². The largest absolute Gasteiger partial charge is 0.438 e. The Morgan fingerprint density at radius 1 is 1.03 bits per heavy atom. The highest BCUT2D eigenvalue weighted by Gasteiger charge is 2.25. The molecule has 0 aliphatic rings. The summed E-state index contributed by atoms with van der Waals surface area (Å²) < 4.78 is 35.3. The molecule has 35 heavy (non-hydrogen) atoms. The minimum Gasteiger partial charge on any atom is -0.438 e. The molecule has 3 aromatic heterocycles. The van der Waals surface area contributed by atoms with Crippen LogP contribution in [-0.4, -0.2) is 34.1 Å². The standard InChI is InChI=1S/C24H24N6O4S/c1-14-12-15(2)22(16(3)13-14)34-24-17(8-9-18(27-24)19-10-11-26-30(19)4)23(31)29-35(32,33)21-7-5-6-20(25)28-21/h5-13H,1-4H3,(H2,25,28)(H,29,31). The van der Waals surface area contributed by atoms with Crippen molar-refractivity contribution in [2.75, 3.05) is 5.73 Å². The molecule has 3 N–H and O–H groups in total. The molecule has 1 aromatic carbocycles. The van der Waals surface area contributed by atoms with Gasteiger partial charge in [-0.3, -0.25) is 9.48 Å². The van der Waals surface area contributed by atoms with Crippen LogP contribution in [-0.2, 0) is 17.1 Å². The first-order valence-corrected chi connectivity index (χ1v) is 12.1. The van der Waals surface area contributed by atoms with E-state index >= 15 is 0 Å². The number of hydrogen-bond acceptors (Lipinski definition) is 8. The molecule has 3 heterocycles. The number of rotatable bonds is 6. The Bertz CT molecular complexity index is 1520. The number of sulfonamides is 1. The van der Waals surface area contributed by atoms with Crippen LogP contribution in [0.15, 0.2) is 59.8 Å². The molecule has 11 heteroatoms. The highest BCUT2D eigenvalue weighted by molar-refractivity contribution is 7.90. The van der Waals surface area contributed by atoms with Gasteiger partial charge in [0.25, 0.3) is 15.9 Å². The Morgan fingerprint density at radius 3 is 2.37 bits per heavy atom. The van der Waals surface area contributed by atoms with Crippen LogP contribution in [0.4, 0.5) is 5.82 Å². The van der Waals surface area contributed by atoms with Gasteiger partial charge in [0.1, 0.15) is 17.1 Å². The van der Waals surface area contributed by atoms with Crippen molar-refractivity contribution in [3.63, 3.8) is 0 Å². The first kappa shape index (κ1) is 23.9. The normalized spacial score (nSPS) is 11.3. The number of benzene rings is 1. The molecule has 0 fully saturated rings. The van der Waals surface area contributed by atoms with Crippen LogP contribution in [0.5, 0.6) is 11.6 Å². The molecule has 0 aliphatic carbocycles. The molecular formula is C24H24N6O4S. The minimum atomic E-state index is -4.29. The van der Waals surface area contributed by atoms with E-state index in [1.165, 1.54) is 24.3 Å². The zero-order valence-electron chi connectivity index (χ0n) is 19.6. The zero-order valence-corrected chi connectivity index (χ0v) is 20.4. The van der Waals surface area contributed by atoms with Crippen LogP contribution in [0.3, 0.4) is 0 Å². The van der Waals surface area contributed by atoms with Crippen molar-refractivity contribution in [3.05, 3.63) is 77.0 Å². The number of ether oxygens (including phenoxy) is 1. The van der Waals surface area contributed by atoms with Crippen LogP contribution in [0.1, 0.15) is 27.0 Å². The molecule has 10 nitrogen and oxygen atoms in total. The number of nitrogens with one attached hydrogen (secondary N) is 1. The van der Waals surface area contributed by atoms with Gasteiger partial charge >= 0.3 is 0 Å². The van der Waals surface area contributed by atoms with Crippen LogP contribution in [0.25, 0.3) is 11.4 Å². The third-order valence-corrected chi connectivity index (χ3v) is 6.47. The fourth-order valence-corrected chi connectivity index (χ4v) is 4.63. The predicted molar refractivity (Wildman–Crippen MR) is 130 cm³/mol. The highest BCUT2D eigenvalue weighted by Crippen LogP contribution is 2.32. The van der Waals surface area contributed by atoms with Gasteiger partial charge in [-0.15, -0.1) is 0 Å². The van der Waals surface area contributed by atoms with Gasteiger partial charge in [0.15, 0.2) is 5.03 Å². The summed E-state index contributed by atoms with van der Waals surface area (Å²) in [6.45, 7) is 5.74. The van der Waals surface area contributed by atoms with Gasteiger partial charge in [-0.05, 0) is 62.2 Å². The summed E-state index contributed by atoms with van der Waals surface area (Å²) in [5, 5.41) is 3.77. The van der Waals surface area contributed by atoms with Gasteiger partial charge in [-0.2, -0.15) is 13.5 Å². The van der Waals surface area contributed by atoms with E-state index in [1.807, 2.05) is 37.6 Å². The van der Waals surface area contributed by atoms with E-state index in [-0.39, 0.29) is 22.3 Å². The average Bonchev–Trinajstić information content (AvgIpc) is 3.21. The Labute approximate surface area is 202 Å². The smallest absolute Gasteiger partial charge is 0.281 e. The predicted octanol–water partition coefficient (Wildman–Crippen LogP) is 3.30. The molecule has 0 bridgehead atoms. The molecule has 0 aliphatic heterocycles. The summed E-state index contributed by atoms with van der Waals surface area (Å²) >= 11 is 0. The van der Waals surface area contributed by atoms with Gasteiger partial charge in [-0.25, -0.2) is 14.7 Å². The maximum Gasteiger partial charge on any atom is 0.281 e. The first-order chi connectivity index (χ1) is 16.5. The van der Waals surface area contributed by atoms with Crippen molar-refractivity contribution in [2.45, 2.75) is 25.8 Å². The molecule has 4 rings (SSSR count). The number of aryl methyl sites for hydroxylation is 4. The summed E-state index contributed by atoms with van der Waals surface area (Å²) in [6, 6.07) is 12.8. The second-order valence-corrected chi connectivity index (χ2v) is 9.68. The summed E-state index contributed by atoms with van der Waals surface area (Å²) in [4.78, 5) is 21.5. The summed E-state index contributed by atoms with van der Waals surface area (Å²) in [6.07, 6.45) is 1.62. The van der Waals surface area contributed by atoms with Crippen molar-refractivity contribution in [1.82, 2.24) is 24.5 Å². The van der Waals surface area contributed by atoms with Crippen molar-refractivity contribution < 1.29 is 17.9 Å². The molecule has 0 radical (unpaired) electrons. The Kier molecular flexibility index (Phi) is 6.27. The number of carbonyl (C=O) groups is 1. The van der Waals surface area contributed by atoms with Crippen LogP contribution >= 0.6 is 0 Å². The lowest BCUT2D eigenvalue weighted by molar-refractivity contribution is 0.0978. The lowest BCUT2D eigenvalue weighted by Crippen LogP contribution is -2.31. The fourth-order valence-electron chi connectivity index (χ4n) is 3.69. The van der Waals surface area contributed by atoms with Gasteiger partial charge in [0, 0.05) is 13.2 Å². The fraction of sp³-hybridized carbons (Fsp3) is 0.167. The molecular weight excluding hydrogens is 468 g/mol. The van der Waals surface area contributed by atoms with E-state index in [0.29, 0.717) is 17.1 Å². The summed E-state index contributed by atoms with van der Waals surface area (Å²) in [5.41, 5.74) is 9.47.